The number of nitrogens with one attached hydrogen (secondary N) is 2. The fraction of sp³-hybridized carbons (Fsp3) is 1.00. The van der Waals surface area contributed by atoms with Gasteiger partial charge in [-0.05, 0) is 51.5 Å². The Hall–Kier alpha value is -0.170. The third kappa shape index (κ3) is 4.16. The van der Waals surface area contributed by atoms with Crippen molar-refractivity contribution in [1.82, 2.24) is 14.3 Å². The number of hydrogen-bond acceptors (Lipinski definition) is 3. The maximum absolute atomic E-state index is 12.5. The van der Waals surface area contributed by atoms with Gasteiger partial charge in [0.25, 0.3) is 10.2 Å². The van der Waals surface area contributed by atoms with Gasteiger partial charge in [-0.1, -0.05) is 13.8 Å². The minimum atomic E-state index is -3.32. The van der Waals surface area contributed by atoms with Crippen molar-refractivity contribution in [2.24, 2.45) is 5.92 Å². The molecule has 0 amide bonds. The first-order chi connectivity index (χ1) is 9.31. The quantitative estimate of drug-likeness (QED) is 0.781. The highest BCUT2D eigenvalue weighted by atomic mass is 32.2. The second-order valence-corrected chi connectivity index (χ2v) is 8.62. The van der Waals surface area contributed by atoms with Crippen LogP contribution in [0, 0.1) is 5.92 Å². The Bertz CT molecular complexity index is 418. The van der Waals surface area contributed by atoms with Gasteiger partial charge in [0.1, 0.15) is 0 Å². The fourth-order valence-electron chi connectivity index (χ4n) is 3.00. The van der Waals surface area contributed by atoms with E-state index < -0.39 is 10.2 Å². The molecule has 20 heavy (non-hydrogen) atoms. The predicted molar refractivity (Wildman–Crippen MR) is 81.7 cm³/mol. The lowest BCUT2D eigenvalue weighted by Gasteiger charge is -2.41. The first kappa shape index (κ1) is 16.2. The van der Waals surface area contributed by atoms with E-state index in [1.54, 1.807) is 4.31 Å². The highest BCUT2D eigenvalue weighted by Gasteiger charge is 2.39. The molecule has 1 unspecified atom stereocenters. The number of piperidine rings is 1. The molecule has 2 N–H and O–H groups in total. The highest BCUT2D eigenvalue weighted by Crippen LogP contribution is 2.32. The molecule has 0 bridgehead atoms. The standard InChI is InChI=1S/C14H29N3O2S/c1-12(2)15-10-13-6-4-9-17(11-13)20(18,19)16-14(3)7-5-8-14/h12-13,15-16H,4-11H2,1-3H3. The summed E-state index contributed by atoms with van der Waals surface area (Å²) in [7, 11) is -3.32. The Morgan fingerprint density at radius 2 is 2.00 bits per heavy atom. The van der Waals surface area contributed by atoms with E-state index in [1.165, 1.54) is 0 Å². The van der Waals surface area contributed by atoms with Crippen molar-refractivity contribution >= 4 is 10.2 Å². The summed E-state index contributed by atoms with van der Waals surface area (Å²) in [5.74, 6) is 0.428. The molecule has 0 aromatic carbocycles. The molecule has 6 heteroatoms. The van der Waals surface area contributed by atoms with Crippen LogP contribution in [-0.4, -0.2) is 43.9 Å². The van der Waals surface area contributed by atoms with Gasteiger partial charge in [-0.3, -0.25) is 0 Å². The van der Waals surface area contributed by atoms with E-state index in [2.05, 4.69) is 23.9 Å². The molecule has 1 aliphatic carbocycles. The Morgan fingerprint density at radius 3 is 2.55 bits per heavy atom. The number of rotatable bonds is 6. The minimum absolute atomic E-state index is 0.206. The van der Waals surface area contributed by atoms with E-state index >= 15 is 0 Å². The lowest BCUT2D eigenvalue weighted by atomic mass is 9.80. The Labute approximate surface area is 123 Å². The number of nitrogens with zero attached hydrogens (tertiary/aromatic N) is 1. The zero-order valence-electron chi connectivity index (χ0n) is 13.0. The van der Waals surface area contributed by atoms with Gasteiger partial charge in [0.15, 0.2) is 0 Å². The van der Waals surface area contributed by atoms with Crippen LogP contribution in [0.25, 0.3) is 0 Å². The molecule has 0 spiro atoms. The average Bonchev–Trinajstić information content (AvgIpc) is 2.34. The molecule has 0 aromatic heterocycles. The molecule has 2 aliphatic rings. The van der Waals surface area contributed by atoms with Gasteiger partial charge < -0.3 is 5.32 Å². The molecule has 5 nitrogen and oxygen atoms in total. The van der Waals surface area contributed by atoms with Gasteiger partial charge in [-0.2, -0.15) is 17.4 Å². The SMILES string of the molecule is CC(C)NCC1CCCN(S(=O)(=O)NC2(C)CCC2)C1. The van der Waals surface area contributed by atoms with Crippen LogP contribution in [0.2, 0.25) is 0 Å². The van der Waals surface area contributed by atoms with Gasteiger partial charge in [0.2, 0.25) is 0 Å². The molecular weight excluding hydrogens is 274 g/mol. The summed E-state index contributed by atoms with van der Waals surface area (Å²) in [6.07, 6.45) is 5.11. The van der Waals surface area contributed by atoms with Crippen LogP contribution in [0.5, 0.6) is 0 Å². The molecule has 1 aliphatic heterocycles. The Balaban J connectivity index is 1.90. The van der Waals surface area contributed by atoms with Crippen LogP contribution in [0.1, 0.15) is 52.9 Å². The van der Waals surface area contributed by atoms with Crippen LogP contribution in [0.3, 0.4) is 0 Å². The van der Waals surface area contributed by atoms with Crippen molar-refractivity contribution in [3.05, 3.63) is 0 Å². The largest absolute Gasteiger partial charge is 0.314 e. The van der Waals surface area contributed by atoms with Crippen molar-refractivity contribution in [1.29, 1.82) is 0 Å². The Kier molecular flexibility index (Phi) is 5.10. The normalized spacial score (nSPS) is 27.5. The third-order valence-corrected chi connectivity index (χ3v) is 6.23. The van der Waals surface area contributed by atoms with E-state index in [-0.39, 0.29) is 5.54 Å². The lowest BCUT2D eigenvalue weighted by molar-refractivity contribution is 0.222. The van der Waals surface area contributed by atoms with E-state index in [0.29, 0.717) is 25.0 Å². The molecular formula is C14H29N3O2S. The molecule has 1 saturated heterocycles. The van der Waals surface area contributed by atoms with Crippen LogP contribution < -0.4 is 10.0 Å². The molecule has 2 fully saturated rings. The predicted octanol–water partition coefficient (Wildman–Crippen LogP) is 1.47. The van der Waals surface area contributed by atoms with Crippen molar-refractivity contribution in [2.45, 2.75) is 64.5 Å². The zero-order chi connectivity index (χ0) is 14.8. The van der Waals surface area contributed by atoms with Crippen molar-refractivity contribution in [3.8, 4) is 0 Å². The summed E-state index contributed by atoms with van der Waals surface area (Å²) in [6, 6.07) is 0.453. The summed E-state index contributed by atoms with van der Waals surface area (Å²) >= 11 is 0. The van der Waals surface area contributed by atoms with Crippen molar-refractivity contribution in [3.63, 3.8) is 0 Å². The maximum Gasteiger partial charge on any atom is 0.279 e. The third-order valence-electron chi connectivity index (χ3n) is 4.47. The molecule has 1 heterocycles. The first-order valence-electron chi connectivity index (χ1n) is 7.83. The summed E-state index contributed by atoms with van der Waals surface area (Å²) in [6.45, 7) is 8.46. The zero-order valence-corrected chi connectivity index (χ0v) is 13.8. The topological polar surface area (TPSA) is 61.4 Å². The highest BCUT2D eigenvalue weighted by molar-refractivity contribution is 7.87. The lowest BCUT2D eigenvalue weighted by Crippen LogP contribution is -2.57. The van der Waals surface area contributed by atoms with Gasteiger partial charge in [0, 0.05) is 24.7 Å². The van der Waals surface area contributed by atoms with Gasteiger partial charge >= 0.3 is 0 Å². The smallest absolute Gasteiger partial charge is 0.279 e. The molecule has 1 saturated carbocycles. The summed E-state index contributed by atoms with van der Waals surface area (Å²) in [4.78, 5) is 0. The van der Waals surface area contributed by atoms with Crippen LogP contribution in [0.15, 0.2) is 0 Å². The first-order valence-corrected chi connectivity index (χ1v) is 9.27. The van der Waals surface area contributed by atoms with E-state index in [9.17, 15) is 8.42 Å². The van der Waals surface area contributed by atoms with Gasteiger partial charge in [0.05, 0.1) is 0 Å². The van der Waals surface area contributed by atoms with Crippen LogP contribution in [0.4, 0.5) is 0 Å². The molecule has 2 rings (SSSR count). The summed E-state index contributed by atoms with van der Waals surface area (Å²) < 4.78 is 29.5. The number of hydrogen-bond donors (Lipinski definition) is 2. The average molecular weight is 303 g/mol. The van der Waals surface area contributed by atoms with Gasteiger partial charge in [-0.15, -0.1) is 0 Å². The maximum atomic E-state index is 12.5. The minimum Gasteiger partial charge on any atom is -0.314 e. The van der Waals surface area contributed by atoms with E-state index in [1.807, 2.05) is 6.92 Å². The van der Waals surface area contributed by atoms with Crippen molar-refractivity contribution < 1.29 is 8.42 Å². The second-order valence-electron chi connectivity index (χ2n) is 6.95. The van der Waals surface area contributed by atoms with Crippen molar-refractivity contribution in [2.75, 3.05) is 19.6 Å². The molecule has 0 aromatic rings. The summed E-state index contributed by atoms with van der Waals surface area (Å²) in [5, 5.41) is 3.42. The van der Waals surface area contributed by atoms with Crippen LogP contribution in [-0.2, 0) is 10.2 Å². The Morgan fingerprint density at radius 1 is 1.30 bits per heavy atom. The second kappa shape index (κ2) is 6.30. The summed E-state index contributed by atoms with van der Waals surface area (Å²) in [5.41, 5.74) is -0.206. The van der Waals surface area contributed by atoms with E-state index in [4.69, 9.17) is 0 Å². The molecule has 118 valence electrons. The van der Waals surface area contributed by atoms with E-state index in [0.717, 1.165) is 38.6 Å². The molecule has 0 radical (unpaired) electrons. The fourth-order valence-corrected chi connectivity index (χ4v) is 4.73. The molecule has 1 atom stereocenters. The van der Waals surface area contributed by atoms with Gasteiger partial charge in [-0.25, -0.2) is 0 Å². The van der Waals surface area contributed by atoms with Crippen LogP contribution >= 0.6 is 0 Å². The monoisotopic (exact) mass is 303 g/mol.